The van der Waals surface area contributed by atoms with E-state index in [-0.39, 0.29) is 5.41 Å². The van der Waals surface area contributed by atoms with Gasteiger partial charge in [-0.15, -0.1) is 0 Å². The van der Waals surface area contributed by atoms with Gasteiger partial charge in [-0.1, -0.05) is 111 Å². The van der Waals surface area contributed by atoms with Crippen molar-refractivity contribution in [2.45, 2.75) is 19.3 Å². The molecule has 0 atom stereocenters. The average Bonchev–Trinajstić information content (AvgIpc) is 3.35. The standard InChI is InChI=1S/C45H36N2O2/c1-45(2)35-25-29(13-15-31-19-23-43-39(27-31)46(3)37-9-5-7-11-41(37)48-43)17-21-33(35)34-22-18-30(26-36(34)45)14-16-32-20-24-44-40(28-32)47(4)38-10-6-8-12-42(38)49-44/h5-28H,1-4H3/b15-13+,16-14+. The highest BCUT2D eigenvalue weighted by atomic mass is 16.5. The minimum atomic E-state index is -0.114. The molecule has 4 heteroatoms. The molecular formula is C45H36N2O2. The first kappa shape index (κ1) is 29.2. The van der Waals surface area contributed by atoms with Gasteiger partial charge in [0.2, 0.25) is 0 Å². The molecule has 6 aromatic rings. The normalized spacial score (nSPS) is 14.8. The molecule has 9 rings (SSSR count). The Kier molecular flexibility index (Phi) is 6.57. The van der Waals surface area contributed by atoms with E-state index in [0.717, 1.165) is 56.9 Å². The van der Waals surface area contributed by atoms with E-state index in [9.17, 15) is 0 Å². The van der Waals surface area contributed by atoms with Gasteiger partial charge < -0.3 is 19.3 Å². The summed E-state index contributed by atoms with van der Waals surface area (Å²) in [5.41, 5.74) is 14.2. The van der Waals surface area contributed by atoms with Crippen LogP contribution in [0.2, 0.25) is 0 Å². The summed E-state index contributed by atoms with van der Waals surface area (Å²) in [6.45, 7) is 4.68. The van der Waals surface area contributed by atoms with E-state index in [0.29, 0.717) is 0 Å². The van der Waals surface area contributed by atoms with Crippen LogP contribution < -0.4 is 19.3 Å². The van der Waals surface area contributed by atoms with E-state index < -0.39 is 0 Å². The van der Waals surface area contributed by atoms with Gasteiger partial charge in [0.15, 0.2) is 23.0 Å². The van der Waals surface area contributed by atoms with Gasteiger partial charge in [-0.25, -0.2) is 0 Å². The fraction of sp³-hybridized carbons (Fsp3) is 0.111. The number of anilines is 4. The van der Waals surface area contributed by atoms with Crippen LogP contribution in [0.25, 0.3) is 35.4 Å². The number of para-hydroxylation sites is 4. The zero-order valence-corrected chi connectivity index (χ0v) is 28.1. The van der Waals surface area contributed by atoms with Crippen LogP contribution in [-0.4, -0.2) is 14.1 Å². The molecule has 3 aliphatic rings. The Hall–Kier alpha value is -6.00. The van der Waals surface area contributed by atoms with Crippen LogP contribution in [0, 0.1) is 0 Å². The SMILES string of the molecule is CN1c2ccccc2Oc2ccc(/C=C/c3ccc4c(c3)C(C)(C)c3cc(/C=C/c5ccc6c(c5)N(C)c5ccccc5O6)ccc3-4)cc21. The molecule has 238 valence electrons. The van der Waals surface area contributed by atoms with E-state index in [1.54, 1.807) is 0 Å². The lowest BCUT2D eigenvalue weighted by Gasteiger charge is -2.29. The lowest BCUT2D eigenvalue weighted by molar-refractivity contribution is 0.475. The van der Waals surface area contributed by atoms with Crippen LogP contribution in [0.5, 0.6) is 23.0 Å². The Bertz CT molecular complexity index is 2200. The van der Waals surface area contributed by atoms with Crippen molar-refractivity contribution < 1.29 is 9.47 Å². The molecule has 0 bridgehead atoms. The maximum absolute atomic E-state index is 6.17. The summed E-state index contributed by atoms with van der Waals surface area (Å²) in [5.74, 6) is 3.52. The predicted molar refractivity (Wildman–Crippen MR) is 204 cm³/mol. The van der Waals surface area contributed by atoms with Gasteiger partial charge in [0.05, 0.1) is 22.7 Å². The first-order valence-electron chi connectivity index (χ1n) is 16.8. The first-order valence-corrected chi connectivity index (χ1v) is 16.8. The third-order valence-electron chi connectivity index (χ3n) is 10.2. The monoisotopic (exact) mass is 636 g/mol. The summed E-state index contributed by atoms with van der Waals surface area (Å²) < 4.78 is 12.3. The van der Waals surface area contributed by atoms with E-state index in [1.165, 1.54) is 33.4 Å². The zero-order chi connectivity index (χ0) is 33.3. The van der Waals surface area contributed by atoms with Crippen molar-refractivity contribution >= 4 is 47.1 Å². The largest absolute Gasteiger partial charge is 0.453 e. The van der Waals surface area contributed by atoms with Crippen molar-refractivity contribution in [3.8, 4) is 34.1 Å². The van der Waals surface area contributed by atoms with Crippen LogP contribution in [0.4, 0.5) is 22.7 Å². The van der Waals surface area contributed by atoms with Crippen molar-refractivity contribution in [2.75, 3.05) is 23.9 Å². The van der Waals surface area contributed by atoms with Crippen LogP contribution in [0.1, 0.15) is 47.2 Å². The third-order valence-corrected chi connectivity index (χ3v) is 10.2. The van der Waals surface area contributed by atoms with Crippen LogP contribution in [0.3, 0.4) is 0 Å². The van der Waals surface area contributed by atoms with Crippen molar-refractivity contribution in [1.82, 2.24) is 0 Å². The van der Waals surface area contributed by atoms with E-state index in [4.69, 9.17) is 9.47 Å². The number of hydrogen-bond acceptors (Lipinski definition) is 4. The minimum absolute atomic E-state index is 0.114. The summed E-state index contributed by atoms with van der Waals surface area (Å²) in [6.07, 6.45) is 8.81. The predicted octanol–water partition coefficient (Wildman–Crippen LogP) is 12.1. The Balaban J connectivity index is 0.953. The molecule has 0 N–H and O–H groups in total. The second kappa shape index (κ2) is 11.0. The first-order chi connectivity index (χ1) is 23.8. The molecule has 6 aromatic carbocycles. The molecule has 0 saturated carbocycles. The van der Waals surface area contributed by atoms with Gasteiger partial charge in [-0.05, 0) is 93.0 Å². The minimum Gasteiger partial charge on any atom is -0.453 e. The quantitative estimate of drug-likeness (QED) is 0.180. The van der Waals surface area contributed by atoms with Gasteiger partial charge in [0, 0.05) is 19.5 Å². The number of hydrogen-bond donors (Lipinski definition) is 0. The molecule has 2 heterocycles. The molecule has 0 aromatic heterocycles. The summed E-state index contributed by atoms with van der Waals surface area (Å²) in [7, 11) is 4.19. The van der Waals surface area contributed by atoms with Gasteiger partial charge in [0.1, 0.15) is 0 Å². The molecule has 0 saturated heterocycles. The van der Waals surface area contributed by atoms with Crippen LogP contribution in [0.15, 0.2) is 121 Å². The Morgan fingerprint density at radius 1 is 0.429 bits per heavy atom. The molecule has 0 amide bonds. The fourth-order valence-corrected chi connectivity index (χ4v) is 7.48. The maximum atomic E-state index is 6.17. The third kappa shape index (κ3) is 4.83. The highest BCUT2D eigenvalue weighted by Crippen LogP contribution is 2.50. The van der Waals surface area contributed by atoms with Crippen LogP contribution in [-0.2, 0) is 5.41 Å². The van der Waals surface area contributed by atoms with E-state index in [1.807, 2.05) is 36.4 Å². The van der Waals surface area contributed by atoms with Crippen molar-refractivity contribution in [3.05, 3.63) is 155 Å². The van der Waals surface area contributed by atoms with Gasteiger partial charge >= 0.3 is 0 Å². The van der Waals surface area contributed by atoms with Crippen molar-refractivity contribution in [3.63, 3.8) is 0 Å². The Morgan fingerprint density at radius 2 is 0.796 bits per heavy atom. The molecule has 0 fully saturated rings. The number of nitrogens with zero attached hydrogens (tertiary/aromatic N) is 2. The lowest BCUT2D eigenvalue weighted by Crippen LogP contribution is -2.15. The lowest BCUT2D eigenvalue weighted by atomic mass is 9.81. The average molecular weight is 637 g/mol. The highest BCUT2D eigenvalue weighted by Gasteiger charge is 2.35. The molecule has 2 aliphatic heterocycles. The zero-order valence-electron chi connectivity index (χ0n) is 28.1. The second-order valence-electron chi connectivity index (χ2n) is 13.6. The van der Waals surface area contributed by atoms with Crippen molar-refractivity contribution in [1.29, 1.82) is 0 Å². The number of rotatable bonds is 4. The topological polar surface area (TPSA) is 24.9 Å². The second-order valence-corrected chi connectivity index (χ2v) is 13.6. The number of benzene rings is 6. The molecule has 1 aliphatic carbocycles. The van der Waals surface area contributed by atoms with Gasteiger partial charge in [0.25, 0.3) is 0 Å². The summed E-state index contributed by atoms with van der Waals surface area (Å²) in [6, 6.07) is 42.8. The highest BCUT2D eigenvalue weighted by molar-refractivity contribution is 5.86. The number of fused-ring (bicyclic) bond motifs is 7. The van der Waals surface area contributed by atoms with Gasteiger partial charge in [-0.3, -0.25) is 0 Å². The van der Waals surface area contributed by atoms with Gasteiger partial charge in [-0.2, -0.15) is 0 Å². The Morgan fingerprint density at radius 3 is 1.24 bits per heavy atom. The smallest absolute Gasteiger partial charge is 0.151 e. The number of ether oxygens (including phenoxy) is 2. The maximum Gasteiger partial charge on any atom is 0.151 e. The summed E-state index contributed by atoms with van der Waals surface area (Å²) in [4.78, 5) is 4.40. The molecule has 49 heavy (non-hydrogen) atoms. The van der Waals surface area contributed by atoms with E-state index >= 15 is 0 Å². The summed E-state index contributed by atoms with van der Waals surface area (Å²) >= 11 is 0. The molecule has 0 radical (unpaired) electrons. The summed E-state index contributed by atoms with van der Waals surface area (Å²) in [5, 5.41) is 0. The molecule has 0 unspecified atom stereocenters. The van der Waals surface area contributed by atoms with Crippen molar-refractivity contribution in [2.24, 2.45) is 0 Å². The van der Waals surface area contributed by atoms with Crippen LogP contribution >= 0.6 is 0 Å². The molecular weight excluding hydrogens is 601 g/mol. The fourth-order valence-electron chi connectivity index (χ4n) is 7.48. The molecule has 4 nitrogen and oxygen atoms in total. The Labute approximate surface area is 287 Å². The van der Waals surface area contributed by atoms with E-state index in [2.05, 4.69) is 147 Å². The molecule has 0 spiro atoms.